The van der Waals surface area contributed by atoms with E-state index in [-0.39, 0.29) is 5.88 Å². The summed E-state index contributed by atoms with van der Waals surface area (Å²) in [5.74, 6) is 0.120. The summed E-state index contributed by atoms with van der Waals surface area (Å²) in [6, 6.07) is 12.0. The van der Waals surface area contributed by atoms with Gasteiger partial charge < -0.3 is 15.0 Å². The van der Waals surface area contributed by atoms with E-state index in [4.69, 9.17) is 4.74 Å². The predicted molar refractivity (Wildman–Crippen MR) is 121 cm³/mol. The zero-order valence-electron chi connectivity index (χ0n) is 17.5. The molecule has 0 saturated heterocycles. The molecule has 0 bridgehead atoms. The first-order valence-corrected chi connectivity index (χ1v) is 10.1. The van der Waals surface area contributed by atoms with Crippen LogP contribution in [-0.2, 0) is 11.2 Å². The number of hydrogen-bond donors (Lipinski definition) is 2. The van der Waals surface area contributed by atoms with Gasteiger partial charge in [-0.2, -0.15) is 10.2 Å². The van der Waals surface area contributed by atoms with E-state index in [0.717, 1.165) is 41.2 Å². The Hall–Kier alpha value is -4.00. The average molecular weight is 411 g/mol. The van der Waals surface area contributed by atoms with E-state index in [1.807, 2.05) is 30.4 Å². The molecule has 1 aliphatic heterocycles. The molecular weight excluding hydrogens is 388 g/mol. The van der Waals surface area contributed by atoms with Crippen molar-refractivity contribution in [1.29, 1.82) is 0 Å². The zero-order chi connectivity index (χ0) is 21.6. The van der Waals surface area contributed by atoms with Crippen molar-refractivity contribution in [3.05, 3.63) is 101 Å². The number of aromatic nitrogens is 3. The Morgan fingerprint density at radius 3 is 2.74 bits per heavy atom. The monoisotopic (exact) mass is 411 g/mol. The van der Waals surface area contributed by atoms with Crippen LogP contribution in [0.2, 0.25) is 0 Å². The van der Waals surface area contributed by atoms with Crippen LogP contribution in [0.25, 0.3) is 11.6 Å². The van der Waals surface area contributed by atoms with E-state index in [0.29, 0.717) is 5.57 Å². The summed E-state index contributed by atoms with van der Waals surface area (Å²) in [5, 5.41) is 14.5. The smallest absolute Gasteiger partial charge is 0.248 e. The van der Waals surface area contributed by atoms with Crippen LogP contribution in [0.5, 0.6) is 0 Å². The third-order valence-electron chi connectivity index (χ3n) is 5.30. The van der Waals surface area contributed by atoms with E-state index < -0.39 is 0 Å². The maximum Gasteiger partial charge on any atom is 0.248 e. The van der Waals surface area contributed by atoms with E-state index in [2.05, 4.69) is 51.6 Å². The molecule has 0 fully saturated rings. The van der Waals surface area contributed by atoms with Gasteiger partial charge in [-0.05, 0) is 72.9 Å². The van der Waals surface area contributed by atoms with Crippen molar-refractivity contribution < 1.29 is 4.74 Å². The van der Waals surface area contributed by atoms with Gasteiger partial charge in [0.05, 0.1) is 24.2 Å². The van der Waals surface area contributed by atoms with Crippen LogP contribution in [-0.4, -0.2) is 21.7 Å². The zero-order valence-corrected chi connectivity index (χ0v) is 17.5. The Morgan fingerprint density at radius 2 is 2.00 bits per heavy atom. The number of allylic oxidation sites excluding steroid dienone is 3. The highest BCUT2D eigenvalue weighted by Crippen LogP contribution is 2.34. The quantitative estimate of drug-likeness (QED) is 0.554. The minimum absolute atomic E-state index is 0.120. The molecule has 7 heteroatoms. The summed E-state index contributed by atoms with van der Waals surface area (Å²) in [5.41, 5.74) is 17.4. The molecule has 0 spiro atoms. The summed E-state index contributed by atoms with van der Waals surface area (Å²) in [4.78, 5) is 3.49. The Morgan fingerprint density at radius 1 is 1.16 bits per heavy atom. The number of para-hydroxylation sites is 1. The fraction of sp³-hybridized carbons (Fsp3) is 0.167. The van der Waals surface area contributed by atoms with Crippen LogP contribution >= 0.6 is 0 Å². The van der Waals surface area contributed by atoms with Crippen LogP contribution in [0.3, 0.4) is 0 Å². The summed E-state index contributed by atoms with van der Waals surface area (Å²) in [6.07, 6.45) is 9.50. The third kappa shape index (κ3) is 4.45. The molecule has 0 saturated carbocycles. The van der Waals surface area contributed by atoms with Crippen molar-refractivity contribution in [3.63, 3.8) is 0 Å². The maximum absolute atomic E-state index is 9.43. The van der Waals surface area contributed by atoms with Crippen LogP contribution in [0.1, 0.15) is 28.1 Å². The van der Waals surface area contributed by atoms with Crippen LogP contribution in [0.4, 0.5) is 5.69 Å². The fourth-order valence-corrected chi connectivity index (χ4v) is 3.74. The molecule has 1 aromatic carbocycles. The first kappa shape index (κ1) is 20.3. The lowest BCUT2D eigenvalue weighted by atomic mass is 9.97. The van der Waals surface area contributed by atoms with Crippen molar-refractivity contribution >= 4 is 17.3 Å². The lowest BCUT2D eigenvalue weighted by Crippen LogP contribution is -2.05. The minimum atomic E-state index is 0.120. The minimum Gasteiger partial charge on any atom is -0.445 e. The lowest BCUT2D eigenvalue weighted by molar-refractivity contribution is 0.341. The number of hydrogen-bond acceptors (Lipinski definition) is 5. The molecule has 4 rings (SSSR count). The number of benzene rings is 1. The van der Waals surface area contributed by atoms with Gasteiger partial charge in [-0.25, -0.2) is 0 Å². The molecule has 3 heterocycles. The number of H-pyrrole nitrogens is 1. The number of aromatic amines is 1. The summed E-state index contributed by atoms with van der Waals surface area (Å²) in [6.45, 7) is 5.05. The highest BCUT2D eigenvalue weighted by Gasteiger charge is 2.19. The molecule has 2 aromatic heterocycles. The van der Waals surface area contributed by atoms with E-state index in [1.165, 1.54) is 17.4 Å². The second kappa shape index (κ2) is 9.21. The number of aryl methyl sites for hydroxylation is 1. The molecule has 0 aliphatic carbocycles. The Labute approximate surface area is 181 Å². The second-order valence-electron chi connectivity index (χ2n) is 7.24. The van der Waals surface area contributed by atoms with Gasteiger partial charge >= 0.3 is 0 Å². The molecule has 0 amide bonds. The SMILES string of the molecule is Cc1[nH]c(C=C2C=COC(N=[N])=C2c2ccnnc2)c(C)c1CCNc1ccccc1. The summed E-state index contributed by atoms with van der Waals surface area (Å²) >= 11 is 0. The summed E-state index contributed by atoms with van der Waals surface area (Å²) in [7, 11) is 0. The summed E-state index contributed by atoms with van der Waals surface area (Å²) < 4.78 is 5.39. The number of ether oxygens (including phenoxy) is 1. The first-order chi connectivity index (χ1) is 15.2. The van der Waals surface area contributed by atoms with Gasteiger partial charge in [0, 0.05) is 29.2 Å². The van der Waals surface area contributed by atoms with Crippen LogP contribution in [0.15, 0.2) is 77.7 Å². The fourth-order valence-electron chi connectivity index (χ4n) is 3.74. The molecule has 1 radical (unpaired) electrons. The molecule has 155 valence electrons. The van der Waals surface area contributed by atoms with Gasteiger partial charge in [-0.3, -0.25) is 0 Å². The molecule has 1 aliphatic rings. The van der Waals surface area contributed by atoms with E-state index >= 15 is 0 Å². The molecular formula is C24H23N6O. The Bertz CT molecular complexity index is 1160. The lowest BCUT2D eigenvalue weighted by Gasteiger charge is -2.15. The van der Waals surface area contributed by atoms with Crippen molar-refractivity contribution in [1.82, 2.24) is 20.7 Å². The average Bonchev–Trinajstić information content (AvgIpc) is 3.07. The van der Waals surface area contributed by atoms with Gasteiger partial charge in [0.2, 0.25) is 5.88 Å². The Balaban J connectivity index is 1.61. The largest absolute Gasteiger partial charge is 0.445 e. The molecule has 0 atom stereocenters. The van der Waals surface area contributed by atoms with Crippen LogP contribution < -0.4 is 10.8 Å². The van der Waals surface area contributed by atoms with Gasteiger partial charge in [0.1, 0.15) is 0 Å². The number of nitrogens with zero attached hydrogens (tertiary/aromatic N) is 4. The number of anilines is 1. The highest BCUT2D eigenvalue weighted by molar-refractivity contribution is 5.88. The Kier molecular flexibility index (Phi) is 6.03. The maximum atomic E-state index is 9.43. The second-order valence-corrected chi connectivity index (χ2v) is 7.24. The van der Waals surface area contributed by atoms with E-state index in [9.17, 15) is 5.53 Å². The van der Waals surface area contributed by atoms with Gasteiger partial charge in [0.15, 0.2) is 0 Å². The van der Waals surface area contributed by atoms with Gasteiger partial charge in [0.25, 0.3) is 0 Å². The first-order valence-electron chi connectivity index (χ1n) is 10.1. The molecule has 31 heavy (non-hydrogen) atoms. The highest BCUT2D eigenvalue weighted by atomic mass is 16.5. The standard InChI is InChI=1S/C24H23N6O/c1-16-21(9-11-26-20-6-4-3-5-7-20)17(2)29-22(16)14-18-10-13-31-24(30-25)23(18)19-8-12-27-28-15-19/h3-8,10,12-15,26,29H,9,11H2,1-2H3. The van der Waals surface area contributed by atoms with Crippen molar-refractivity contribution in [3.8, 4) is 0 Å². The topological polar surface area (TPSA) is 97.5 Å². The molecule has 2 N–H and O–H groups in total. The van der Waals surface area contributed by atoms with Gasteiger partial charge in [-0.15, -0.1) is 0 Å². The van der Waals surface area contributed by atoms with Crippen molar-refractivity contribution in [2.75, 3.05) is 11.9 Å². The number of nitrogens with one attached hydrogen (secondary N) is 2. The third-order valence-corrected chi connectivity index (χ3v) is 5.30. The molecule has 7 nitrogen and oxygen atoms in total. The van der Waals surface area contributed by atoms with E-state index in [1.54, 1.807) is 18.5 Å². The molecule has 3 aromatic rings. The normalized spacial score (nSPS) is 14.6. The van der Waals surface area contributed by atoms with Crippen molar-refractivity contribution in [2.24, 2.45) is 5.11 Å². The van der Waals surface area contributed by atoms with Gasteiger partial charge in [-0.1, -0.05) is 23.3 Å². The number of rotatable bonds is 7. The predicted octanol–water partition coefficient (Wildman–Crippen LogP) is 4.62. The van der Waals surface area contributed by atoms with Crippen molar-refractivity contribution in [2.45, 2.75) is 20.3 Å². The molecule has 0 unspecified atom stereocenters. The van der Waals surface area contributed by atoms with Crippen LogP contribution in [0, 0.1) is 13.8 Å².